The fraction of sp³-hybridized carbons (Fsp3) is 0.188. The van der Waals surface area contributed by atoms with E-state index in [4.69, 9.17) is 27.9 Å². The van der Waals surface area contributed by atoms with Crippen LogP contribution >= 0.6 is 23.2 Å². The van der Waals surface area contributed by atoms with Gasteiger partial charge in [-0.05, 0) is 36.2 Å². The van der Waals surface area contributed by atoms with Crippen molar-refractivity contribution < 1.29 is 9.53 Å². The fourth-order valence-corrected chi connectivity index (χ4v) is 2.38. The van der Waals surface area contributed by atoms with Crippen LogP contribution in [0.25, 0.3) is 0 Å². The van der Waals surface area contributed by atoms with Gasteiger partial charge in [-0.1, -0.05) is 41.4 Å². The zero-order valence-electron chi connectivity index (χ0n) is 12.0. The van der Waals surface area contributed by atoms with Gasteiger partial charge in [0.1, 0.15) is 5.75 Å². The molecule has 2 N–H and O–H groups in total. The monoisotopic (exact) mass is 338 g/mol. The van der Waals surface area contributed by atoms with E-state index < -0.39 is 0 Å². The Morgan fingerprint density at radius 2 is 1.73 bits per heavy atom. The minimum absolute atomic E-state index is 0.344. The zero-order chi connectivity index (χ0) is 15.9. The van der Waals surface area contributed by atoms with Crippen LogP contribution in [0, 0.1) is 0 Å². The second-order valence-corrected chi connectivity index (χ2v) is 5.39. The summed E-state index contributed by atoms with van der Waals surface area (Å²) in [6.45, 7) is 0.500. The van der Waals surface area contributed by atoms with Gasteiger partial charge in [0.2, 0.25) is 0 Å². The van der Waals surface area contributed by atoms with Crippen LogP contribution in [-0.4, -0.2) is 19.7 Å². The Hall–Kier alpha value is -1.91. The highest BCUT2D eigenvalue weighted by Gasteiger charge is 2.08. The zero-order valence-corrected chi connectivity index (χ0v) is 13.5. The molecule has 4 nitrogen and oxygen atoms in total. The first-order valence-corrected chi connectivity index (χ1v) is 7.47. The van der Waals surface area contributed by atoms with Crippen LogP contribution in [0.2, 0.25) is 10.0 Å². The number of methoxy groups -OCH3 is 1. The lowest BCUT2D eigenvalue weighted by molar-refractivity contribution is 0.252. The maximum absolute atomic E-state index is 11.8. The number of hydrogen-bond donors (Lipinski definition) is 2. The number of amides is 2. The SMILES string of the molecule is COc1ccc(CCNC(=O)Nc2c(Cl)cccc2Cl)cc1. The summed E-state index contributed by atoms with van der Waals surface area (Å²) in [7, 11) is 1.63. The highest BCUT2D eigenvalue weighted by molar-refractivity contribution is 6.39. The van der Waals surface area contributed by atoms with Gasteiger partial charge in [0, 0.05) is 6.54 Å². The molecule has 2 rings (SSSR count). The molecule has 0 aliphatic carbocycles. The van der Waals surface area contributed by atoms with Crippen molar-refractivity contribution in [3.8, 4) is 5.75 Å². The van der Waals surface area contributed by atoms with Gasteiger partial charge in [-0.3, -0.25) is 0 Å². The summed E-state index contributed by atoms with van der Waals surface area (Å²) in [5.41, 5.74) is 1.52. The second-order valence-electron chi connectivity index (χ2n) is 4.58. The van der Waals surface area contributed by atoms with Crippen molar-refractivity contribution in [1.29, 1.82) is 0 Å². The van der Waals surface area contributed by atoms with E-state index in [-0.39, 0.29) is 6.03 Å². The van der Waals surface area contributed by atoms with E-state index in [1.54, 1.807) is 25.3 Å². The molecule has 0 saturated carbocycles. The minimum atomic E-state index is -0.344. The van der Waals surface area contributed by atoms with E-state index in [0.717, 1.165) is 11.3 Å². The molecule has 22 heavy (non-hydrogen) atoms. The van der Waals surface area contributed by atoms with Crippen LogP contribution < -0.4 is 15.4 Å². The summed E-state index contributed by atoms with van der Waals surface area (Å²) in [4.78, 5) is 11.8. The number of benzene rings is 2. The molecule has 0 spiro atoms. The summed E-state index contributed by atoms with van der Waals surface area (Å²) in [5, 5.41) is 6.21. The van der Waals surface area contributed by atoms with Crippen LogP contribution in [0.3, 0.4) is 0 Å². The largest absolute Gasteiger partial charge is 0.497 e. The molecule has 2 aromatic carbocycles. The third kappa shape index (κ3) is 4.55. The molecule has 0 radical (unpaired) electrons. The van der Waals surface area contributed by atoms with Gasteiger partial charge in [0.05, 0.1) is 22.8 Å². The van der Waals surface area contributed by atoms with Gasteiger partial charge >= 0.3 is 6.03 Å². The Balaban J connectivity index is 1.82. The summed E-state index contributed by atoms with van der Waals surface area (Å²) in [5.74, 6) is 0.808. The predicted molar refractivity (Wildman–Crippen MR) is 90.2 cm³/mol. The Kier molecular flexibility index (Phi) is 5.92. The average molecular weight is 339 g/mol. The van der Waals surface area contributed by atoms with E-state index in [9.17, 15) is 4.79 Å². The third-order valence-electron chi connectivity index (χ3n) is 3.06. The first kappa shape index (κ1) is 16.5. The molecule has 6 heteroatoms. The van der Waals surface area contributed by atoms with Crippen LogP contribution in [0.4, 0.5) is 10.5 Å². The van der Waals surface area contributed by atoms with Gasteiger partial charge in [0.15, 0.2) is 0 Å². The molecule has 0 aliphatic rings. The number of rotatable bonds is 5. The second kappa shape index (κ2) is 7.92. The number of urea groups is 1. The number of carbonyl (C=O) groups is 1. The highest BCUT2D eigenvalue weighted by Crippen LogP contribution is 2.29. The number of ether oxygens (including phenoxy) is 1. The van der Waals surface area contributed by atoms with Crippen molar-refractivity contribution >= 4 is 34.9 Å². The van der Waals surface area contributed by atoms with Crippen molar-refractivity contribution in [2.45, 2.75) is 6.42 Å². The van der Waals surface area contributed by atoms with E-state index in [1.165, 1.54) is 0 Å². The lowest BCUT2D eigenvalue weighted by atomic mass is 10.1. The number of hydrogen-bond acceptors (Lipinski definition) is 2. The standard InChI is InChI=1S/C16H16Cl2N2O2/c1-22-12-7-5-11(6-8-12)9-10-19-16(21)20-15-13(17)3-2-4-14(15)18/h2-8H,9-10H2,1H3,(H2,19,20,21). The smallest absolute Gasteiger partial charge is 0.319 e. The van der Waals surface area contributed by atoms with Gasteiger partial charge in [0.25, 0.3) is 0 Å². The summed E-state index contributed by atoms with van der Waals surface area (Å²) >= 11 is 12.0. The summed E-state index contributed by atoms with van der Waals surface area (Å²) in [6.07, 6.45) is 0.716. The lowest BCUT2D eigenvalue weighted by Gasteiger charge is -2.10. The molecule has 0 unspecified atom stereocenters. The normalized spacial score (nSPS) is 10.1. The van der Waals surface area contributed by atoms with Crippen molar-refractivity contribution in [2.24, 2.45) is 0 Å². The van der Waals surface area contributed by atoms with E-state index in [1.807, 2.05) is 24.3 Å². The number of anilines is 1. The summed E-state index contributed by atoms with van der Waals surface area (Å²) in [6, 6.07) is 12.4. The predicted octanol–water partition coefficient (Wildman–Crippen LogP) is 4.37. The molecule has 0 aromatic heterocycles. The van der Waals surface area contributed by atoms with Crippen molar-refractivity contribution in [3.63, 3.8) is 0 Å². The van der Waals surface area contributed by atoms with Crippen LogP contribution in [0.1, 0.15) is 5.56 Å². The highest BCUT2D eigenvalue weighted by atomic mass is 35.5. The van der Waals surface area contributed by atoms with Crippen LogP contribution in [-0.2, 0) is 6.42 Å². The van der Waals surface area contributed by atoms with Crippen molar-refractivity contribution in [3.05, 3.63) is 58.1 Å². The number of halogens is 2. The first-order chi connectivity index (χ1) is 10.6. The molecule has 0 saturated heterocycles. The lowest BCUT2D eigenvalue weighted by Crippen LogP contribution is -2.30. The average Bonchev–Trinajstić information content (AvgIpc) is 2.52. The Bertz CT molecular complexity index is 625. The molecular formula is C16H16Cl2N2O2. The number of nitrogens with one attached hydrogen (secondary N) is 2. The van der Waals surface area contributed by atoms with Crippen LogP contribution in [0.15, 0.2) is 42.5 Å². The Labute approximate surface area is 139 Å². The molecule has 0 heterocycles. The molecule has 0 fully saturated rings. The molecule has 0 bridgehead atoms. The maximum Gasteiger partial charge on any atom is 0.319 e. The molecular weight excluding hydrogens is 323 g/mol. The molecule has 0 aliphatic heterocycles. The third-order valence-corrected chi connectivity index (χ3v) is 3.69. The number of para-hydroxylation sites is 1. The molecule has 2 aromatic rings. The van der Waals surface area contributed by atoms with Crippen molar-refractivity contribution in [2.75, 3.05) is 19.0 Å². The first-order valence-electron chi connectivity index (χ1n) is 6.72. The topological polar surface area (TPSA) is 50.4 Å². The fourth-order valence-electron chi connectivity index (χ4n) is 1.89. The summed E-state index contributed by atoms with van der Waals surface area (Å²) < 4.78 is 5.10. The molecule has 116 valence electrons. The van der Waals surface area contributed by atoms with Gasteiger partial charge < -0.3 is 15.4 Å². The van der Waals surface area contributed by atoms with Crippen molar-refractivity contribution in [1.82, 2.24) is 5.32 Å². The van der Waals surface area contributed by atoms with Gasteiger partial charge in [-0.2, -0.15) is 0 Å². The van der Waals surface area contributed by atoms with Crippen LogP contribution in [0.5, 0.6) is 5.75 Å². The van der Waals surface area contributed by atoms with E-state index in [2.05, 4.69) is 10.6 Å². The van der Waals surface area contributed by atoms with Gasteiger partial charge in [-0.15, -0.1) is 0 Å². The van der Waals surface area contributed by atoms with E-state index in [0.29, 0.717) is 28.7 Å². The van der Waals surface area contributed by atoms with E-state index >= 15 is 0 Å². The molecule has 2 amide bonds. The quantitative estimate of drug-likeness (QED) is 0.850. The Morgan fingerprint density at radius 1 is 1.09 bits per heavy atom. The minimum Gasteiger partial charge on any atom is -0.497 e. The van der Waals surface area contributed by atoms with Gasteiger partial charge in [-0.25, -0.2) is 4.79 Å². The molecule has 0 atom stereocenters. The number of carbonyl (C=O) groups excluding carboxylic acids is 1. The Morgan fingerprint density at radius 3 is 2.32 bits per heavy atom. The maximum atomic E-state index is 11.8.